The van der Waals surface area contributed by atoms with E-state index in [1.165, 1.54) is 11.8 Å². The zero-order valence-corrected chi connectivity index (χ0v) is 56.8. The number of hydrogen-bond acceptors (Lipinski definition) is 19. The van der Waals surface area contributed by atoms with E-state index in [1.54, 1.807) is 44.2 Å². The topological polar surface area (TPSA) is 640 Å². The van der Waals surface area contributed by atoms with Crippen molar-refractivity contribution in [2.24, 2.45) is 66.8 Å². The number of carbonyl (C=O) groups is 14. The number of rotatable bonds is 23. The van der Waals surface area contributed by atoms with Crippen LogP contribution < -0.4 is 104 Å². The number of nitrogens with one attached hydrogen (secondary N) is 11. The maximum atomic E-state index is 15.0. The number of carboxylic acids is 1. The number of fused-ring (bicyclic) bond motifs is 1. The molecule has 0 aliphatic carbocycles. The second kappa shape index (κ2) is 44.0. The van der Waals surface area contributed by atoms with Crippen molar-refractivity contribution in [1.82, 2.24) is 63.4 Å². The molecule has 28 N–H and O–H groups in total. The molecule has 0 aromatic heterocycles. The summed E-state index contributed by atoms with van der Waals surface area (Å²) >= 11 is 0.835. The van der Waals surface area contributed by atoms with Gasteiger partial charge in [0.05, 0.1) is 25.3 Å². The monoisotopic (exact) mass is 1410 g/mol. The van der Waals surface area contributed by atoms with Gasteiger partial charge in [-0.1, -0.05) is 44.2 Å². The fraction of sp³-hybridized carbons (Fsp3) is 0.617. The number of unbranched alkanes of at least 4 members (excludes halogenated alkanes) is 1. The van der Waals surface area contributed by atoms with Gasteiger partial charge in [0, 0.05) is 38.4 Å². The van der Waals surface area contributed by atoms with Gasteiger partial charge in [-0.15, -0.1) is 11.8 Å². The Morgan fingerprint density at radius 2 is 1.02 bits per heavy atom. The molecule has 2 aliphatic rings. The number of carboxylic acid groups (broad SMARTS) is 1. The van der Waals surface area contributed by atoms with Crippen LogP contribution in [0.4, 0.5) is 0 Å². The molecule has 0 bridgehead atoms. The highest BCUT2D eigenvalue weighted by molar-refractivity contribution is 8.00. The number of aliphatic imine (C=N–C) groups is 3. The summed E-state index contributed by atoms with van der Waals surface area (Å²) in [6.45, 7) is 3.37. The van der Waals surface area contributed by atoms with Gasteiger partial charge >= 0.3 is 5.97 Å². The Morgan fingerprint density at radius 1 is 0.545 bits per heavy atom. The Morgan fingerprint density at radius 3 is 1.57 bits per heavy atom. The predicted molar refractivity (Wildman–Crippen MR) is 365 cm³/mol. The summed E-state index contributed by atoms with van der Waals surface area (Å²) in [6.07, 6.45) is -0.723. The van der Waals surface area contributed by atoms with Gasteiger partial charge in [-0.05, 0) is 102 Å². The molecule has 0 spiro atoms. The smallest absolute Gasteiger partial charge is 0.305 e. The Hall–Kier alpha value is -10.1. The van der Waals surface area contributed by atoms with Gasteiger partial charge < -0.3 is 114 Å². The van der Waals surface area contributed by atoms with Crippen LogP contribution in [0.25, 0.3) is 0 Å². The van der Waals surface area contributed by atoms with Gasteiger partial charge in [-0.2, -0.15) is 0 Å². The fourth-order valence-corrected chi connectivity index (χ4v) is 11.1. The number of nitrogens with two attached hydrogens (primary N) is 8. The minimum Gasteiger partial charge on any atom is -0.481 e. The minimum absolute atomic E-state index is 0.00405. The van der Waals surface area contributed by atoms with Crippen molar-refractivity contribution in [3.63, 3.8) is 0 Å². The lowest BCUT2D eigenvalue weighted by Crippen LogP contribution is -2.60. The molecule has 38 nitrogen and oxygen atoms in total. The van der Waals surface area contributed by atoms with Crippen LogP contribution in [0.5, 0.6) is 0 Å². The van der Waals surface area contributed by atoms with Crippen molar-refractivity contribution < 1.29 is 72.2 Å². The second-order valence-corrected chi connectivity index (χ2v) is 25.0. The quantitative estimate of drug-likeness (QED) is 0.0275. The Kier molecular flexibility index (Phi) is 36.9. The highest BCUT2D eigenvalue weighted by Gasteiger charge is 2.41. The van der Waals surface area contributed by atoms with Crippen LogP contribution in [0.1, 0.15) is 110 Å². The van der Waals surface area contributed by atoms with E-state index in [-0.39, 0.29) is 145 Å². The third-order valence-corrected chi connectivity index (χ3v) is 16.3. The summed E-state index contributed by atoms with van der Waals surface area (Å²) < 4.78 is 0. The molecule has 0 saturated carbocycles. The molecule has 2 saturated heterocycles. The van der Waals surface area contributed by atoms with E-state index < -0.39 is 163 Å². The first kappa shape index (κ1) is 83.1. The molecule has 0 unspecified atom stereocenters. The fourth-order valence-electron chi connectivity index (χ4n) is 10.2. The SMILES string of the molecule is CC(C)C[C@@H]1NC(=O)[C@H](C)NC(=O)CSC[C@@H](C(N)=O)NC(=O)CNC(=O)CNC(=O)[C@H](CCCN=C(N)N)NC(=O)[C@H](CC(=O)O)NC(=O)[C@H](CCCCN)NC(=O)[C@@H]2CCCN2C(=O)[C@H](CCCN=C(N)N)NC(=O)[C@H](Cc2ccccc2)NC(=O)[C@H](CCCN=C(N)N)NC1=O. The van der Waals surface area contributed by atoms with E-state index in [1.807, 2.05) is 0 Å². The molecule has 2 fully saturated rings. The van der Waals surface area contributed by atoms with Crippen LogP contribution >= 0.6 is 11.8 Å². The van der Waals surface area contributed by atoms with Crippen molar-refractivity contribution in [2.75, 3.05) is 57.3 Å². The van der Waals surface area contributed by atoms with Gasteiger partial charge in [0.1, 0.15) is 60.4 Å². The molecular formula is C60H99N23O15S. The van der Waals surface area contributed by atoms with Crippen LogP contribution in [0.15, 0.2) is 45.3 Å². The van der Waals surface area contributed by atoms with Gasteiger partial charge in [-0.25, -0.2) is 0 Å². The maximum Gasteiger partial charge on any atom is 0.305 e. The number of nitrogens with zero attached hydrogens (tertiary/aromatic N) is 4. The number of benzene rings is 1. The number of guanidine groups is 3. The van der Waals surface area contributed by atoms with Crippen LogP contribution in [0.3, 0.4) is 0 Å². The molecule has 13 amide bonds. The Bertz CT molecular complexity index is 3040. The summed E-state index contributed by atoms with van der Waals surface area (Å²) in [5.41, 5.74) is 45.2. The molecule has 10 atom stereocenters. The summed E-state index contributed by atoms with van der Waals surface area (Å²) in [6, 6.07) is -6.08. The number of primary amides is 1. The van der Waals surface area contributed by atoms with Crippen molar-refractivity contribution >= 4 is 112 Å². The molecule has 2 aliphatic heterocycles. The maximum absolute atomic E-state index is 15.0. The van der Waals surface area contributed by atoms with Gasteiger partial charge in [0.25, 0.3) is 0 Å². The highest BCUT2D eigenvalue weighted by atomic mass is 32.2. The first-order valence-corrected chi connectivity index (χ1v) is 33.6. The van der Waals surface area contributed by atoms with Gasteiger partial charge in [-0.3, -0.25) is 82.1 Å². The average Bonchev–Trinajstić information content (AvgIpc) is 1.76. The van der Waals surface area contributed by atoms with Crippen molar-refractivity contribution in [1.29, 1.82) is 0 Å². The second-order valence-electron chi connectivity index (χ2n) is 24.0. The zero-order chi connectivity index (χ0) is 73.7. The molecule has 99 heavy (non-hydrogen) atoms. The lowest BCUT2D eigenvalue weighted by molar-refractivity contribution is -0.143. The van der Waals surface area contributed by atoms with Crippen LogP contribution in [0.2, 0.25) is 0 Å². The summed E-state index contributed by atoms with van der Waals surface area (Å²) in [4.78, 5) is 206. The standard InChI is InChI=1S/C60H99N23O15S/c1-32(2)25-39-53(94)77-37(17-10-22-70-59(65)66)52(93)81-40(26-34-13-5-4-6-14-34)54(95)79-38(18-11-23-71-60(67)68)57(98)83-24-12-19-43(83)56(97)78-36(15-7-8-20-61)51(92)82-41(27-47(87)88)55(96)76-35(16-9-21-69-58(63)64)50(91)73-28-44(84)72-29-45(85)75-42(48(62)89)30-99-31-46(86)74-33(3)49(90)80-39/h4-6,13-14,32-33,35-43H,7-12,15-31,61H2,1-3H3,(H2,62,89)(H,72,84)(H,73,91)(H,74,86)(H,75,85)(H,76,96)(H,77,94)(H,78,97)(H,79,95)(H,80,90)(H,81,93)(H,82,92)(H,87,88)(H4,63,64,69)(H4,65,66,70)(H4,67,68,71)/t33-,35-,36-,37-,38-,39-,40-,41-,42-,43-/m0/s1. The Balaban J connectivity index is 2.19. The lowest BCUT2D eigenvalue weighted by atomic mass is 10.0. The first-order chi connectivity index (χ1) is 46.9. The Labute approximate surface area is 577 Å². The number of aliphatic carboxylic acids is 1. The minimum atomic E-state index is -1.91. The van der Waals surface area contributed by atoms with E-state index in [2.05, 4.69) is 73.5 Å². The predicted octanol–water partition coefficient (Wildman–Crippen LogP) is -8.12. The third-order valence-electron chi connectivity index (χ3n) is 15.2. The van der Waals surface area contributed by atoms with Crippen molar-refractivity contribution in [3.05, 3.63) is 35.9 Å². The molecule has 39 heteroatoms. The molecule has 2 heterocycles. The summed E-state index contributed by atoms with van der Waals surface area (Å²) in [7, 11) is 0. The van der Waals surface area contributed by atoms with Crippen LogP contribution in [-0.4, -0.2) is 228 Å². The van der Waals surface area contributed by atoms with Crippen molar-refractivity contribution in [2.45, 2.75) is 171 Å². The highest BCUT2D eigenvalue weighted by Crippen LogP contribution is 2.21. The van der Waals surface area contributed by atoms with E-state index in [9.17, 15) is 67.4 Å². The number of amides is 13. The van der Waals surface area contributed by atoms with Crippen molar-refractivity contribution in [3.8, 4) is 0 Å². The molecule has 3 rings (SSSR count). The summed E-state index contributed by atoms with van der Waals surface area (Å²) in [5, 5.41) is 37.6. The molecular weight excluding hydrogens is 1310 g/mol. The first-order valence-electron chi connectivity index (χ1n) is 32.4. The third kappa shape index (κ3) is 32.2. The average molecular weight is 1410 g/mol. The van der Waals surface area contributed by atoms with Gasteiger partial charge in [0.15, 0.2) is 17.9 Å². The molecule has 1 aromatic rings. The normalized spacial score (nSPS) is 23.9. The molecule has 550 valence electrons. The summed E-state index contributed by atoms with van der Waals surface area (Å²) in [5.74, 6) is -15.2. The molecule has 0 radical (unpaired) electrons. The van der Waals surface area contributed by atoms with E-state index in [0.717, 1.165) is 11.8 Å². The number of thioether (sulfide) groups is 1. The van der Waals surface area contributed by atoms with Gasteiger partial charge in [0.2, 0.25) is 76.8 Å². The molecule has 1 aromatic carbocycles. The van der Waals surface area contributed by atoms with E-state index >= 15 is 4.79 Å². The largest absolute Gasteiger partial charge is 0.481 e. The zero-order valence-electron chi connectivity index (χ0n) is 56.0. The van der Waals surface area contributed by atoms with E-state index in [4.69, 9.17) is 45.9 Å². The van der Waals surface area contributed by atoms with Crippen LogP contribution in [-0.2, 0) is 73.5 Å². The number of hydrogen-bond donors (Lipinski definition) is 20. The van der Waals surface area contributed by atoms with Crippen LogP contribution in [0, 0.1) is 5.92 Å². The lowest BCUT2D eigenvalue weighted by Gasteiger charge is -2.31. The van der Waals surface area contributed by atoms with E-state index in [0.29, 0.717) is 12.0 Å². The number of carbonyl (C=O) groups excluding carboxylic acids is 13.